The van der Waals surface area contributed by atoms with Gasteiger partial charge in [0.15, 0.2) is 0 Å². The van der Waals surface area contributed by atoms with Gasteiger partial charge < -0.3 is 25.6 Å². The normalized spacial score (nSPS) is 21.1. The van der Waals surface area contributed by atoms with Crippen LogP contribution in [0.2, 0.25) is 0 Å². The van der Waals surface area contributed by atoms with Crippen molar-refractivity contribution in [2.45, 2.75) is 25.0 Å². The quantitative estimate of drug-likeness (QED) is 0.491. The van der Waals surface area contributed by atoms with E-state index in [2.05, 4.69) is 50.9 Å². The average Bonchev–Trinajstić information content (AvgIpc) is 3.47. The van der Waals surface area contributed by atoms with Crippen molar-refractivity contribution in [1.82, 2.24) is 20.5 Å². The number of phenolic OH excluding ortho intramolecular Hbond substituents is 1. The van der Waals surface area contributed by atoms with E-state index < -0.39 is 0 Å². The van der Waals surface area contributed by atoms with Gasteiger partial charge in [-0.2, -0.15) is 0 Å². The van der Waals surface area contributed by atoms with E-state index in [1.54, 1.807) is 18.2 Å². The summed E-state index contributed by atoms with van der Waals surface area (Å²) < 4.78 is 0. The van der Waals surface area contributed by atoms with Crippen molar-refractivity contribution in [3.63, 3.8) is 0 Å². The molecule has 4 heterocycles. The van der Waals surface area contributed by atoms with Crippen LogP contribution in [-0.4, -0.2) is 46.2 Å². The lowest BCUT2D eigenvalue weighted by Gasteiger charge is -2.25. The lowest BCUT2D eigenvalue weighted by atomic mass is 9.95. The molecule has 4 N–H and O–H groups in total. The largest absolute Gasteiger partial charge is 0.508 e. The number of aromatic amines is 1. The molecule has 0 radical (unpaired) electrons. The SMILES string of the molecule is CN1C=CC2=CN=C(CNCc3[nH]c4ccccc4c3C3NC(=O)c4ccc(O)cc43)CC21. The zero-order chi connectivity index (χ0) is 22.5. The van der Waals surface area contributed by atoms with Crippen LogP contribution >= 0.6 is 0 Å². The molecule has 7 heteroatoms. The van der Waals surface area contributed by atoms with Gasteiger partial charge in [0.1, 0.15) is 5.75 Å². The van der Waals surface area contributed by atoms with E-state index >= 15 is 0 Å². The number of hydrogen-bond acceptors (Lipinski definition) is 5. The number of hydrogen-bond donors (Lipinski definition) is 4. The second-order valence-corrected chi connectivity index (χ2v) is 8.87. The number of carbonyl (C=O) groups excluding carboxylic acids is 1. The maximum Gasteiger partial charge on any atom is 0.252 e. The second kappa shape index (κ2) is 7.64. The molecule has 3 aliphatic rings. The molecule has 166 valence electrons. The predicted octanol–water partition coefficient (Wildman–Crippen LogP) is 3.35. The fraction of sp³-hybridized carbons (Fsp3) is 0.231. The molecule has 0 fully saturated rings. The smallest absolute Gasteiger partial charge is 0.252 e. The summed E-state index contributed by atoms with van der Waals surface area (Å²) in [4.78, 5) is 23.0. The summed E-state index contributed by atoms with van der Waals surface area (Å²) in [5.41, 5.74) is 6.87. The molecule has 2 aromatic carbocycles. The molecule has 0 bridgehead atoms. The maximum absolute atomic E-state index is 12.6. The monoisotopic (exact) mass is 439 g/mol. The maximum atomic E-state index is 12.6. The number of carbonyl (C=O) groups is 1. The van der Waals surface area contributed by atoms with Crippen LogP contribution in [0.1, 0.15) is 39.6 Å². The van der Waals surface area contributed by atoms with Crippen LogP contribution in [0, 0.1) is 0 Å². The van der Waals surface area contributed by atoms with Gasteiger partial charge in [-0.15, -0.1) is 0 Å². The van der Waals surface area contributed by atoms with Gasteiger partial charge in [0.05, 0.1) is 12.1 Å². The summed E-state index contributed by atoms with van der Waals surface area (Å²) in [6.45, 7) is 1.30. The van der Waals surface area contributed by atoms with Gasteiger partial charge in [0.2, 0.25) is 0 Å². The number of fused-ring (bicyclic) bond motifs is 3. The number of H-pyrrole nitrogens is 1. The van der Waals surface area contributed by atoms with Crippen LogP contribution in [0.5, 0.6) is 5.75 Å². The first-order chi connectivity index (χ1) is 16.1. The molecule has 3 aliphatic heterocycles. The van der Waals surface area contributed by atoms with Crippen LogP contribution in [0.3, 0.4) is 0 Å². The number of likely N-dealkylation sites (N-methyl/N-ethyl adjacent to an activating group) is 1. The third kappa shape index (κ3) is 3.32. The first-order valence-electron chi connectivity index (χ1n) is 11.2. The Morgan fingerprint density at radius 3 is 3.00 bits per heavy atom. The molecule has 1 aromatic heterocycles. The van der Waals surface area contributed by atoms with E-state index in [-0.39, 0.29) is 17.7 Å². The zero-order valence-corrected chi connectivity index (χ0v) is 18.3. The molecule has 7 nitrogen and oxygen atoms in total. The van der Waals surface area contributed by atoms with Crippen molar-refractivity contribution in [3.05, 3.63) is 88.9 Å². The lowest BCUT2D eigenvalue weighted by molar-refractivity contribution is 0.0960. The minimum atomic E-state index is -0.316. The first-order valence-corrected chi connectivity index (χ1v) is 11.2. The number of aliphatic imine (C=N–C) groups is 1. The molecule has 0 spiro atoms. The van der Waals surface area contributed by atoms with Crippen molar-refractivity contribution < 1.29 is 9.90 Å². The Labute approximate surface area is 191 Å². The highest BCUT2D eigenvalue weighted by Gasteiger charge is 2.33. The molecule has 3 aromatic rings. The number of rotatable bonds is 5. The van der Waals surface area contributed by atoms with E-state index in [9.17, 15) is 9.90 Å². The molecule has 0 saturated carbocycles. The molecule has 1 amide bonds. The number of para-hydroxylation sites is 1. The summed E-state index contributed by atoms with van der Waals surface area (Å²) >= 11 is 0. The van der Waals surface area contributed by atoms with Gasteiger partial charge in [0.25, 0.3) is 5.91 Å². The molecule has 2 unspecified atom stereocenters. The predicted molar refractivity (Wildman–Crippen MR) is 128 cm³/mol. The molecular weight excluding hydrogens is 414 g/mol. The number of nitrogens with one attached hydrogen (secondary N) is 3. The van der Waals surface area contributed by atoms with Crippen molar-refractivity contribution in [3.8, 4) is 5.75 Å². The third-order valence-electron chi connectivity index (χ3n) is 6.82. The van der Waals surface area contributed by atoms with Gasteiger partial charge in [0, 0.05) is 66.2 Å². The van der Waals surface area contributed by atoms with Crippen LogP contribution in [-0.2, 0) is 6.54 Å². The van der Waals surface area contributed by atoms with Gasteiger partial charge in [-0.25, -0.2) is 0 Å². The second-order valence-electron chi connectivity index (χ2n) is 8.87. The van der Waals surface area contributed by atoms with Crippen LogP contribution < -0.4 is 10.6 Å². The summed E-state index contributed by atoms with van der Waals surface area (Å²) in [7, 11) is 2.10. The Morgan fingerprint density at radius 1 is 1.21 bits per heavy atom. The molecule has 6 rings (SSSR count). The number of phenols is 1. The minimum absolute atomic E-state index is 0.118. The van der Waals surface area contributed by atoms with E-state index in [1.165, 1.54) is 5.57 Å². The molecule has 33 heavy (non-hydrogen) atoms. The molecule has 2 atom stereocenters. The molecule has 0 aliphatic carbocycles. The van der Waals surface area contributed by atoms with Gasteiger partial charge in [-0.3, -0.25) is 9.79 Å². The molecule has 0 saturated heterocycles. The highest BCUT2D eigenvalue weighted by atomic mass is 16.3. The summed E-state index contributed by atoms with van der Waals surface area (Å²) in [6.07, 6.45) is 7.11. The topological polar surface area (TPSA) is 92.8 Å². The van der Waals surface area contributed by atoms with Gasteiger partial charge in [-0.1, -0.05) is 18.2 Å². The number of aromatic hydroxyl groups is 1. The lowest BCUT2D eigenvalue weighted by Crippen LogP contribution is -2.33. The Kier molecular flexibility index (Phi) is 4.58. The van der Waals surface area contributed by atoms with E-state index in [4.69, 9.17) is 0 Å². The Balaban J connectivity index is 1.28. The van der Waals surface area contributed by atoms with Crippen LogP contribution in [0.25, 0.3) is 10.9 Å². The van der Waals surface area contributed by atoms with Crippen molar-refractivity contribution in [1.29, 1.82) is 0 Å². The summed E-state index contributed by atoms with van der Waals surface area (Å²) in [5, 5.41) is 17.8. The first kappa shape index (κ1) is 19.8. The van der Waals surface area contributed by atoms with Gasteiger partial charge in [-0.05, 0) is 47.7 Å². The fourth-order valence-electron chi connectivity index (χ4n) is 5.13. The van der Waals surface area contributed by atoms with E-state index in [0.717, 1.165) is 39.9 Å². The Morgan fingerprint density at radius 2 is 2.09 bits per heavy atom. The number of benzene rings is 2. The standard InChI is InChI=1S/C26H25N5O2/c1-31-9-8-15-12-28-16(10-23(15)31)13-27-14-22-24(19-4-2-3-5-21(19)29-22)25-20-11-17(32)6-7-18(20)26(33)30-25/h2-9,11-12,23,25,27,29,32H,10,13-14H2,1H3,(H,30,33). The summed E-state index contributed by atoms with van der Waals surface area (Å²) in [6, 6.07) is 13.1. The van der Waals surface area contributed by atoms with Crippen molar-refractivity contribution in [2.24, 2.45) is 4.99 Å². The van der Waals surface area contributed by atoms with Gasteiger partial charge >= 0.3 is 0 Å². The van der Waals surface area contributed by atoms with E-state index in [1.807, 2.05) is 24.4 Å². The number of amides is 1. The number of nitrogens with zero attached hydrogens (tertiary/aromatic N) is 2. The van der Waals surface area contributed by atoms with Crippen LogP contribution in [0.15, 0.2) is 71.5 Å². The Hall–Kier alpha value is -3.84. The van der Waals surface area contributed by atoms with E-state index in [0.29, 0.717) is 24.7 Å². The highest BCUT2D eigenvalue weighted by molar-refractivity contribution is 6.01. The average molecular weight is 440 g/mol. The molecular formula is C26H25N5O2. The third-order valence-corrected chi connectivity index (χ3v) is 6.82. The Bertz CT molecular complexity index is 1370. The highest BCUT2D eigenvalue weighted by Crippen LogP contribution is 2.38. The minimum Gasteiger partial charge on any atom is -0.508 e. The van der Waals surface area contributed by atoms with Crippen molar-refractivity contribution in [2.75, 3.05) is 13.6 Å². The zero-order valence-electron chi connectivity index (χ0n) is 18.3. The van der Waals surface area contributed by atoms with Crippen molar-refractivity contribution >= 4 is 22.5 Å². The fourth-order valence-corrected chi connectivity index (χ4v) is 5.13. The number of aromatic nitrogens is 1. The summed E-state index contributed by atoms with van der Waals surface area (Å²) in [5.74, 6) is 0.0384. The van der Waals surface area contributed by atoms with Crippen LogP contribution in [0.4, 0.5) is 0 Å².